The van der Waals surface area contributed by atoms with Gasteiger partial charge in [0.05, 0.1) is 34.5 Å². The van der Waals surface area contributed by atoms with Gasteiger partial charge in [-0.1, -0.05) is 26.8 Å². The third kappa shape index (κ3) is 7.88. The molecule has 0 aliphatic carbocycles. The number of nitrogens with one attached hydrogen (secondary N) is 1. The maximum atomic E-state index is 12.5. The molecule has 0 heterocycles. The molecule has 0 spiro atoms. The van der Waals surface area contributed by atoms with Crippen LogP contribution in [0.3, 0.4) is 0 Å². The summed E-state index contributed by atoms with van der Waals surface area (Å²) in [6.07, 6.45) is 1.35. The van der Waals surface area contributed by atoms with E-state index in [1.165, 1.54) is 0 Å². The van der Waals surface area contributed by atoms with Crippen LogP contribution in [0, 0.1) is 0 Å². The van der Waals surface area contributed by atoms with Crippen LogP contribution in [0.25, 0.3) is 0 Å². The quantitative estimate of drug-likeness (QED) is 0.358. The Bertz CT molecular complexity index is 416. The summed E-state index contributed by atoms with van der Waals surface area (Å²) in [5.41, 5.74) is 0. The Morgan fingerprint density at radius 2 is 1.75 bits per heavy atom. The van der Waals surface area contributed by atoms with Gasteiger partial charge < -0.3 is 13.9 Å². The van der Waals surface area contributed by atoms with E-state index in [0.717, 1.165) is 0 Å². The van der Waals surface area contributed by atoms with E-state index in [1.807, 2.05) is 20.8 Å². The molecule has 0 aromatic heterocycles. The van der Waals surface area contributed by atoms with Crippen LogP contribution in [0.15, 0.2) is 12.7 Å². The Balaban J connectivity index is 5.17. The molecule has 0 amide bonds. The van der Waals surface area contributed by atoms with Gasteiger partial charge in [0.1, 0.15) is 6.79 Å². The zero-order valence-electron chi connectivity index (χ0n) is 16.9. The molecule has 24 heavy (non-hydrogen) atoms. The first-order valence-corrected chi connectivity index (χ1v) is 12.4. The Labute approximate surface area is 152 Å². The maximum Gasteiger partial charge on any atom is 0.192 e. The Morgan fingerprint density at radius 3 is 2.12 bits per heavy atom. The summed E-state index contributed by atoms with van der Waals surface area (Å²) in [7, 11) is -1.57. The Morgan fingerprint density at radius 1 is 1.21 bits per heavy atom. The van der Waals surface area contributed by atoms with Crippen LogP contribution < -0.4 is 4.72 Å². The summed E-state index contributed by atoms with van der Waals surface area (Å²) in [5.74, 6) is 0. The predicted octanol–water partition coefficient (Wildman–Crippen LogP) is 3.60. The minimum absolute atomic E-state index is 0.109. The van der Waals surface area contributed by atoms with Crippen molar-refractivity contribution in [1.82, 2.24) is 4.72 Å². The van der Waals surface area contributed by atoms with E-state index in [1.54, 1.807) is 13.2 Å². The minimum Gasteiger partial charge on any atom is -0.415 e. The molecule has 0 aromatic rings. The summed E-state index contributed by atoms with van der Waals surface area (Å²) >= 11 is 0. The van der Waals surface area contributed by atoms with Crippen LogP contribution in [0.1, 0.15) is 41.5 Å². The molecule has 0 bridgehead atoms. The van der Waals surface area contributed by atoms with Crippen LogP contribution in [-0.4, -0.2) is 49.9 Å². The molecule has 3 atom stereocenters. The molecule has 0 fully saturated rings. The van der Waals surface area contributed by atoms with Gasteiger partial charge in [0.2, 0.25) is 0 Å². The molecule has 144 valence electrons. The highest BCUT2D eigenvalue weighted by atomic mass is 32.2. The highest BCUT2D eigenvalue weighted by molar-refractivity contribution is 7.84. The fraction of sp³-hybridized carbons (Fsp3) is 0.882. The molecule has 0 unspecified atom stereocenters. The van der Waals surface area contributed by atoms with Crippen molar-refractivity contribution in [2.24, 2.45) is 0 Å². The second-order valence-electron chi connectivity index (χ2n) is 8.45. The number of rotatable bonds is 10. The van der Waals surface area contributed by atoms with Crippen LogP contribution in [-0.2, 0) is 24.9 Å². The van der Waals surface area contributed by atoms with Crippen LogP contribution >= 0.6 is 0 Å². The van der Waals surface area contributed by atoms with Gasteiger partial charge in [-0.05, 0) is 38.9 Å². The lowest BCUT2D eigenvalue weighted by atomic mass is 10.2. The van der Waals surface area contributed by atoms with E-state index in [-0.39, 0.29) is 28.7 Å². The van der Waals surface area contributed by atoms with Gasteiger partial charge >= 0.3 is 0 Å². The van der Waals surface area contributed by atoms with Gasteiger partial charge in [-0.25, -0.2) is 8.93 Å². The number of methoxy groups -OCH3 is 1. The van der Waals surface area contributed by atoms with Crippen LogP contribution in [0.4, 0.5) is 0 Å². The third-order valence-corrected chi connectivity index (χ3v) is 10.4. The van der Waals surface area contributed by atoms with Crippen molar-refractivity contribution < 1.29 is 18.1 Å². The molecular formula is C17H37NO4SSi. The fourth-order valence-electron chi connectivity index (χ4n) is 1.52. The number of hydrogen-bond donors (Lipinski definition) is 1. The first-order valence-electron chi connectivity index (χ1n) is 8.31. The number of ether oxygens (including phenoxy) is 2. The Kier molecular flexibility index (Phi) is 9.57. The molecule has 0 aromatic carbocycles. The molecule has 0 rings (SSSR count). The van der Waals surface area contributed by atoms with Gasteiger partial charge in [-0.15, -0.1) is 6.58 Å². The molecular weight excluding hydrogens is 342 g/mol. The zero-order valence-corrected chi connectivity index (χ0v) is 18.7. The van der Waals surface area contributed by atoms with Crippen molar-refractivity contribution in [3.63, 3.8) is 0 Å². The van der Waals surface area contributed by atoms with Crippen molar-refractivity contribution in [2.75, 3.05) is 20.5 Å². The fourth-order valence-corrected chi connectivity index (χ4v) is 3.38. The summed E-state index contributed by atoms with van der Waals surface area (Å²) < 4.78 is 32.3. The summed E-state index contributed by atoms with van der Waals surface area (Å²) in [5, 5.41) is 0.109. The monoisotopic (exact) mass is 379 g/mol. The van der Waals surface area contributed by atoms with Gasteiger partial charge in [0.15, 0.2) is 8.32 Å². The molecule has 0 saturated carbocycles. The second-order valence-corrected chi connectivity index (χ2v) is 15.3. The van der Waals surface area contributed by atoms with Crippen molar-refractivity contribution in [3.05, 3.63) is 12.7 Å². The summed E-state index contributed by atoms with van der Waals surface area (Å²) in [4.78, 5) is 0. The van der Waals surface area contributed by atoms with E-state index >= 15 is 0 Å². The second kappa shape index (κ2) is 9.59. The lowest BCUT2D eigenvalue weighted by Gasteiger charge is -2.38. The first kappa shape index (κ1) is 23.9. The maximum absolute atomic E-state index is 12.5. The van der Waals surface area contributed by atoms with Crippen molar-refractivity contribution in [2.45, 2.75) is 76.6 Å². The topological polar surface area (TPSA) is 56.8 Å². The van der Waals surface area contributed by atoms with Gasteiger partial charge in [-0.3, -0.25) is 0 Å². The normalized spacial score (nSPS) is 17.4. The van der Waals surface area contributed by atoms with E-state index in [4.69, 9.17) is 13.9 Å². The molecule has 7 heteroatoms. The molecule has 0 aliphatic rings. The summed E-state index contributed by atoms with van der Waals surface area (Å²) in [6, 6.07) is -0.258. The van der Waals surface area contributed by atoms with Crippen molar-refractivity contribution in [1.29, 1.82) is 0 Å². The zero-order chi connectivity index (χ0) is 19.2. The van der Waals surface area contributed by atoms with Crippen LogP contribution in [0.2, 0.25) is 18.1 Å². The van der Waals surface area contributed by atoms with Gasteiger partial charge in [-0.2, -0.15) is 0 Å². The van der Waals surface area contributed by atoms with E-state index in [2.05, 4.69) is 45.2 Å². The standard InChI is InChI=1S/C17H37NO4SSi/c1-11-15(21-13-20-8)14(18-23(19)16(2,3)4)12-22-24(9,10)17(5,6)7/h11,14-15,18H,1,12-13H2,2-10H3/t14-,15+,23+/m0/s1. The Hall–Kier alpha value is -0.0531. The highest BCUT2D eigenvalue weighted by Crippen LogP contribution is 2.36. The molecule has 0 saturated heterocycles. The van der Waals surface area contributed by atoms with E-state index < -0.39 is 19.3 Å². The summed E-state index contributed by atoms with van der Waals surface area (Å²) in [6.45, 7) is 21.2. The smallest absolute Gasteiger partial charge is 0.192 e. The first-order chi connectivity index (χ1) is 10.8. The average Bonchev–Trinajstić information content (AvgIpc) is 2.42. The molecule has 5 nitrogen and oxygen atoms in total. The SMILES string of the molecule is C=C[C@@H](OCOC)[C@H](CO[Si](C)(C)C(C)(C)C)N[S@](=O)C(C)(C)C. The lowest BCUT2D eigenvalue weighted by Crippen LogP contribution is -2.51. The minimum atomic E-state index is -1.91. The lowest BCUT2D eigenvalue weighted by molar-refractivity contribution is -0.0675. The van der Waals surface area contributed by atoms with Gasteiger partial charge in [0.25, 0.3) is 0 Å². The van der Waals surface area contributed by atoms with Gasteiger partial charge in [0, 0.05) is 7.11 Å². The van der Waals surface area contributed by atoms with Crippen molar-refractivity contribution in [3.8, 4) is 0 Å². The van der Waals surface area contributed by atoms with E-state index in [0.29, 0.717) is 6.61 Å². The third-order valence-electron chi connectivity index (χ3n) is 4.25. The molecule has 1 N–H and O–H groups in total. The molecule has 0 radical (unpaired) electrons. The van der Waals surface area contributed by atoms with E-state index in [9.17, 15) is 4.21 Å². The van der Waals surface area contributed by atoms with Crippen LogP contribution in [0.5, 0.6) is 0 Å². The number of hydrogen-bond acceptors (Lipinski definition) is 4. The molecule has 0 aliphatic heterocycles. The highest BCUT2D eigenvalue weighted by Gasteiger charge is 2.38. The predicted molar refractivity (Wildman–Crippen MR) is 105 cm³/mol. The average molecular weight is 380 g/mol. The largest absolute Gasteiger partial charge is 0.415 e. The van der Waals surface area contributed by atoms with Crippen molar-refractivity contribution >= 4 is 19.3 Å².